The largest absolute Gasteiger partial charge is 0.493 e. The first-order valence-electron chi connectivity index (χ1n) is 10.9. The molecule has 0 fully saturated rings. The number of thiocarbonyl (C=S) groups is 1. The minimum absolute atomic E-state index is 0.0966. The zero-order valence-electron chi connectivity index (χ0n) is 18.7. The average molecular weight is 496 g/mol. The summed E-state index contributed by atoms with van der Waals surface area (Å²) in [6, 6.07) is 20.8. The third-order valence-electron chi connectivity index (χ3n) is 5.37. The quantitative estimate of drug-likeness (QED) is 0.474. The Morgan fingerprint density at radius 2 is 1.74 bits per heavy atom. The molecule has 1 aliphatic heterocycles. The molecule has 0 saturated heterocycles. The summed E-state index contributed by atoms with van der Waals surface area (Å²) in [5.41, 5.74) is 2.68. The Balaban J connectivity index is 1.41. The van der Waals surface area contributed by atoms with Gasteiger partial charge in [0, 0.05) is 12.2 Å². The van der Waals surface area contributed by atoms with Crippen LogP contribution in [0.5, 0.6) is 5.75 Å². The summed E-state index contributed by atoms with van der Waals surface area (Å²) in [4.78, 5) is 12.8. The van der Waals surface area contributed by atoms with Gasteiger partial charge in [0.25, 0.3) is 15.9 Å². The number of benzene rings is 3. The molecule has 0 spiro atoms. The van der Waals surface area contributed by atoms with Crippen molar-refractivity contribution in [2.75, 3.05) is 22.8 Å². The monoisotopic (exact) mass is 495 g/mol. The van der Waals surface area contributed by atoms with Crippen molar-refractivity contribution < 1.29 is 17.9 Å². The Morgan fingerprint density at radius 3 is 2.50 bits per heavy atom. The van der Waals surface area contributed by atoms with Crippen LogP contribution < -0.4 is 19.7 Å². The second kappa shape index (κ2) is 10.2. The maximum Gasteiger partial charge on any atom is 0.264 e. The molecule has 3 aromatic rings. The van der Waals surface area contributed by atoms with E-state index in [9.17, 15) is 13.2 Å². The number of hydrogen-bond acceptors (Lipinski definition) is 5. The molecule has 34 heavy (non-hydrogen) atoms. The Hall–Kier alpha value is -3.43. The fraction of sp³-hybridized carbons (Fsp3) is 0.200. The van der Waals surface area contributed by atoms with E-state index in [1.807, 2.05) is 31.2 Å². The molecule has 7 nitrogen and oxygen atoms in total. The van der Waals surface area contributed by atoms with Crippen molar-refractivity contribution in [2.24, 2.45) is 0 Å². The number of anilines is 2. The number of nitrogens with zero attached hydrogens (tertiary/aromatic N) is 1. The Labute approximate surface area is 204 Å². The molecule has 0 aromatic heterocycles. The lowest BCUT2D eigenvalue weighted by Crippen LogP contribution is -2.34. The van der Waals surface area contributed by atoms with Crippen LogP contribution in [0.15, 0.2) is 77.7 Å². The van der Waals surface area contributed by atoms with E-state index in [-0.39, 0.29) is 10.0 Å². The van der Waals surface area contributed by atoms with Crippen molar-refractivity contribution in [3.8, 4) is 5.75 Å². The average Bonchev–Trinajstić information content (AvgIpc) is 3.28. The van der Waals surface area contributed by atoms with Crippen LogP contribution in [0.4, 0.5) is 11.4 Å². The summed E-state index contributed by atoms with van der Waals surface area (Å²) in [7, 11) is -3.68. The molecule has 1 amide bonds. The van der Waals surface area contributed by atoms with Crippen molar-refractivity contribution in [3.63, 3.8) is 0 Å². The molecule has 9 heteroatoms. The number of carbonyl (C=O) groups is 1. The number of sulfonamides is 1. The first kappa shape index (κ1) is 23.7. The van der Waals surface area contributed by atoms with Crippen molar-refractivity contribution in [2.45, 2.75) is 24.7 Å². The molecule has 0 aliphatic carbocycles. The van der Waals surface area contributed by atoms with Crippen molar-refractivity contribution in [1.82, 2.24) is 5.32 Å². The summed E-state index contributed by atoms with van der Waals surface area (Å²) in [6.45, 7) is 2.91. The number of nitrogens with one attached hydrogen (secondary N) is 2. The van der Waals surface area contributed by atoms with Gasteiger partial charge in [0.15, 0.2) is 5.11 Å². The van der Waals surface area contributed by atoms with Crippen LogP contribution in [0.2, 0.25) is 0 Å². The van der Waals surface area contributed by atoms with Gasteiger partial charge in [0.2, 0.25) is 0 Å². The van der Waals surface area contributed by atoms with Crippen LogP contribution in [0.25, 0.3) is 0 Å². The Bertz CT molecular complexity index is 1310. The molecule has 4 rings (SSSR count). The maximum atomic E-state index is 13.2. The minimum Gasteiger partial charge on any atom is -0.493 e. The third kappa shape index (κ3) is 5.05. The van der Waals surface area contributed by atoms with Gasteiger partial charge in [-0.15, -0.1) is 0 Å². The molecule has 1 heterocycles. The highest BCUT2D eigenvalue weighted by Gasteiger charge is 2.30. The van der Waals surface area contributed by atoms with Crippen LogP contribution in [0, 0.1) is 0 Å². The number of para-hydroxylation sites is 2. The predicted molar refractivity (Wildman–Crippen MR) is 137 cm³/mol. The van der Waals surface area contributed by atoms with Crippen LogP contribution in [-0.4, -0.2) is 32.6 Å². The van der Waals surface area contributed by atoms with E-state index in [1.165, 1.54) is 16.4 Å². The van der Waals surface area contributed by atoms with Gasteiger partial charge in [-0.25, -0.2) is 8.42 Å². The molecule has 0 atom stereocenters. The number of ether oxygens (including phenoxy) is 1. The third-order valence-corrected chi connectivity index (χ3v) is 7.40. The molecule has 1 aliphatic rings. The summed E-state index contributed by atoms with van der Waals surface area (Å²) in [5.74, 6) is 0.0961. The van der Waals surface area contributed by atoms with Crippen LogP contribution in [-0.2, 0) is 16.4 Å². The highest BCUT2D eigenvalue weighted by atomic mass is 32.2. The van der Waals surface area contributed by atoms with Gasteiger partial charge in [0.1, 0.15) is 5.75 Å². The van der Waals surface area contributed by atoms with E-state index in [2.05, 4.69) is 10.6 Å². The molecule has 3 aromatic carbocycles. The van der Waals surface area contributed by atoms with Crippen molar-refractivity contribution >= 4 is 44.6 Å². The van der Waals surface area contributed by atoms with Gasteiger partial charge in [-0.05, 0) is 73.1 Å². The standard InChI is InChI=1S/C25H25N3O4S2/c1-2-17-32-23-10-6-4-8-21(23)24(29)27-25(33)26-19-11-13-20(14-12-19)34(30,31)28-16-15-18-7-3-5-9-22(18)28/h3-14H,2,15-17H2,1H3,(H2,26,27,29,33). The maximum absolute atomic E-state index is 13.2. The molecular formula is C25H25N3O4S2. The normalized spacial score (nSPS) is 12.7. The number of hydrogen-bond donors (Lipinski definition) is 2. The van der Waals surface area contributed by atoms with Gasteiger partial charge in [0.05, 0.1) is 22.8 Å². The van der Waals surface area contributed by atoms with Gasteiger partial charge >= 0.3 is 0 Å². The molecule has 0 saturated carbocycles. The summed E-state index contributed by atoms with van der Waals surface area (Å²) in [5, 5.41) is 5.65. The minimum atomic E-state index is -3.68. The number of amides is 1. The second-order valence-corrected chi connectivity index (χ2v) is 10.0. The zero-order chi connectivity index (χ0) is 24.1. The van der Waals surface area contributed by atoms with E-state index < -0.39 is 15.9 Å². The van der Waals surface area contributed by atoms with Gasteiger partial charge in [-0.2, -0.15) is 0 Å². The number of rotatable bonds is 7. The van der Waals surface area contributed by atoms with Crippen LogP contribution in [0.1, 0.15) is 29.3 Å². The van der Waals surface area contributed by atoms with E-state index in [0.29, 0.717) is 36.6 Å². The smallest absolute Gasteiger partial charge is 0.264 e. The summed E-state index contributed by atoms with van der Waals surface area (Å²) in [6.07, 6.45) is 1.52. The summed E-state index contributed by atoms with van der Waals surface area (Å²) >= 11 is 5.27. The van der Waals surface area contributed by atoms with Crippen LogP contribution >= 0.6 is 12.2 Å². The van der Waals surface area contributed by atoms with E-state index in [0.717, 1.165) is 17.7 Å². The van der Waals surface area contributed by atoms with Crippen molar-refractivity contribution in [3.05, 3.63) is 83.9 Å². The van der Waals surface area contributed by atoms with Gasteiger partial charge < -0.3 is 10.1 Å². The van der Waals surface area contributed by atoms with Gasteiger partial charge in [-0.3, -0.25) is 14.4 Å². The topological polar surface area (TPSA) is 87.7 Å². The number of carbonyl (C=O) groups excluding carboxylic acids is 1. The van der Waals surface area contributed by atoms with Crippen molar-refractivity contribution in [1.29, 1.82) is 0 Å². The molecule has 0 unspecified atom stereocenters. The lowest BCUT2D eigenvalue weighted by Gasteiger charge is -2.20. The Kier molecular flexibility index (Phi) is 7.14. The fourth-order valence-electron chi connectivity index (χ4n) is 3.72. The summed E-state index contributed by atoms with van der Waals surface area (Å²) < 4.78 is 33.4. The number of fused-ring (bicyclic) bond motifs is 1. The van der Waals surface area contributed by atoms with E-state index >= 15 is 0 Å². The highest BCUT2D eigenvalue weighted by molar-refractivity contribution is 7.92. The molecular weight excluding hydrogens is 470 g/mol. The lowest BCUT2D eigenvalue weighted by atomic mass is 10.2. The predicted octanol–water partition coefficient (Wildman–Crippen LogP) is 4.35. The van der Waals surface area contributed by atoms with Crippen LogP contribution in [0.3, 0.4) is 0 Å². The van der Waals surface area contributed by atoms with Gasteiger partial charge in [-0.1, -0.05) is 37.3 Å². The first-order valence-corrected chi connectivity index (χ1v) is 12.8. The zero-order valence-corrected chi connectivity index (χ0v) is 20.3. The molecule has 0 radical (unpaired) electrons. The lowest BCUT2D eigenvalue weighted by molar-refractivity contribution is 0.0973. The first-order chi connectivity index (χ1) is 16.4. The molecule has 176 valence electrons. The molecule has 2 N–H and O–H groups in total. The highest BCUT2D eigenvalue weighted by Crippen LogP contribution is 2.32. The van der Waals surface area contributed by atoms with E-state index in [4.69, 9.17) is 17.0 Å². The van der Waals surface area contributed by atoms with E-state index in [1.54, 1.807) is 36.4 Å². The molecule has 0 bridgehead atoms. The second-order valence-electron chi connectivity index (χ2n) is 7.73. The SMILES string of the molecule is CCCOc1ccccc1C(=O)NC(=S)Nc1ccc(S(=O)(=O)N2CCc3ccccc32)cc1. The Morgan fingerprint density at radius 1 is 1.03 bits per heavy atom. The fourth-order valence-corrected chi connectivity index (χ4v) is 5.43.